The molecule has 1 heterocycles. The molecule has 0 saturated carbocycles. The Morgan fingerprint density at radius 2 is 1.90 bits per heavy atom. The molecule has 108 valence electrons. The molecule has 1 amide bonds. The maximum Gasteiger partial charge on any atom is 0.335 e. The van der Waals surface area contributed by atoms with Gasteiger partial charge in [-0.15, -0.1) is 0 Å². The van der Waals surface area contributed by atoms with Crippen LogP contribution in [0.1, 0.15) is 32.0 Å². The number of carbonyl (C=O) groups excluding carboxylic acids is 1. The summed E-state index contributed by atoms with van der Waals surface area (Å²) in [6.07, 6.45) is 0. The molecule has 0 radical (unpaired) electrons. The van der Waals surface area contributed by atoms with Crippen LogP contribution >= 0.6 is 0 Å². The number of hydrogen-bond acceptors (Lipinski definition) is 4. The third-order valence-electron chi connectivity index (χ3n) is 2.97. The van der Waals surface area contributed by atoms with Gasteiger partial charge in [0, 0.05) is 16.9 Å². The van der Waals surface area contributed by atoms with Crippen LogP contribution in [0.2, 0.25) is 0 Å². The smallest absolute Gasteiger partial charge is 0.335 e. The number of nitrogens with two attached hydrogens (primary N) is 1. The van der Waals surface area contributed by atoms with Crippen LogP contribution in [0.15, 0.2) is 30.3 Å². The Labute approximate surface area is 121 Å². The molecule has 0 spiro atoms. The number of rotatable bonds is 4. The van der Waals surface area contributed by atoms with Crippen LogP contribution < -0.4 is 11.1 Å². The van der Waals surface area contributed by atoms with E-state index in [0.29, 0.717) is 28.3 Å². The fourth-order valence-electron chi connectivity index (χ4n) is 2.00. The minimum absolute atomic E-state index is 0.246. The number of aromatic carboxylic acids is 1. The van der Waals surface area contributed by atoms with E-state index in [4.69, 9.17) is 10.8 Å². The number of amides is 1. The highest BCUT2D eigenvalue weighted by molar-refractivity contribution is 5.94. The predicted octanol–water partition coefficient (Wildman–Crippen LogP) is 2.24. The number of hydrogen-bond donors (Lipinski definition) is 3. The number of pyridine rings is 1. The summed E-state index contributed by atoms with van der Waals surface area (Å²) in [7, 11) is 0. The highest BCUT2D eigenvalue weighted by Gasteiger charge is 2.09. The second-order valence-corrected chi connectivity index (χ2v) is 4.71. The van der Waals surface area contributed by atoms with Gasteiger partial charge in [0.25, 0.3) is 0 Å². The molecule has 6 heteroatoms. The maximum absolute atomic E-state index is 11.2. The molecule has 0 aliphatic heterocycles. The van der Waals surface area contributed by atoms with Crippen molar-refractivity contribution >= 4 is 23.4 Å². The molecule has 1 aromatic carbocycles. The van der Waals surface area contributed by atoms with Crippen LogP contribution in [0.5, 0.6) is 0 Å². The Kier molecular flexibility index (Phi) is 3.89. The van der Waals surface area contributed by atoms with Crippen LogP contribution in [0, 0.1) is 13.8 Å². The number of nitrogens with one attached hydrogen (secondary N) is 1. The largest absolute Gasteiger partial charge is 0.478 e. The number of aromatic nitrogens is 1. The number of nitrogens with zero attached hydrogens (tertiary/aromatic N) is 1. The first-order valence-corrected chi connectivity index (χ1v) is 6.26. The van der Waals surface area contributed by atoms with Crippen LogP contribution in [0.3, 0.4) is 0 Å². The van der Waals surface area contributed by atoms with Crippen LogP contribution in [-0.2, 0) is 0 Å². The number of aryl methyl sites for hydroxylation is 2. The average Bonchev–Trinajstić information content (AvgIpc) is 2.37. The summed E-state index contributed by atoms with van der Waals surface area (Å²) in [4.78, 5) is 26.5. The Balaban J connectivity index is 2.32. The summed E-state index contributed by atoms with van der Waals surface area (Å²) in [5.41, 5.74) is 7.85. The number of anilines is 2. The molecule has 0 saturated heterocycles. The molecule has 0 aliphatic rings. The third-order valence-corrected chi connectivity index (χ3v) is 2.97. The van der Waals surface area contributed by atoms with Crippen molar-refractivity contribution in [3.8, 4) is 0 Å². The summed E-state index contributed by atoms with van der Waals surface area (Å²) in [5.74, 6) is -1.02. The van der Waals surface area contributed by atoms with Crippen molar-refractivity contribution in [3.05, 3.63) is 52.7 Å². The van der Waals surface area contributed by atoms with Crippen molar-refractivity contribution in [2.24, 2.45) is 5.73 Å². The number of carboxylic acids is 1. The first-order chi connectivity index (χ1) is 9.86. The highest BCUT2D eigenvalue weighted by Crippen LogP contribution is 2.20. The molecule has 2 aromatic rings. The van der Waals surface area contributed by atoms with E-state index >= 15 is 0 Å². The number of carboxylic acid groups (broad SMARTS) is 1. The molecule has 4 N–H and O–H groups in total. The van der Waals surface area contributed by atoms with Crippen LogP contribution in [-0.4, -0.2) is 22.0 Å². The minimum Gasteiger partial charge on any atom is -0.478 e. The van der Waals surface area contributed by atoms with Gasteiger partial charge in [0.05, 0.1) is 5.56 Å². The quantitative estimate of drug-likeness (QED) is 0.799. The first kappa shape index (κ1) is 14.5. The van der Waals surface area contributed by atoms with Gasteiger partial charge in [-0.2, -0.15) is 0 Å². The molecule has 2 rings (SSSR count). The minimum atomic E-state index is -0.969. The highest BCUT2D eigenvalue weighted by atomic mass is 16.4. The summed E-state index contributed by atoms with van der Waals surface area (Å²) in [6, 6.07) is 8.02. The fraction of sp³-hybridized carbons (Fsp3) is 0.133. The summed E-state index contributed by atoms with van der Waals surface area (Å²) in [6.45, 7) is 3.48. The van der Waals surface area contributed by atoms with Gasteiger partial charge < -0.3 is 16.2 Å². The van der Waals surface area contributed by atoms with Crippen molar-refractivity contribution in [2.45, 2.75) is 13.8 Å². The van der Waals surface area contributed by atoms with Crippen molar-refractivity contribution in [3.63, 3.8) is 0 Å². The van der Waals surface area contributed by atoms with Gasteiger partial charge in [-0.25, -0.2) is 9.78 Å². The van der Waals surface area contributed by atoms with E-state index in [1.807, 2.05) is 0 Å². The SMILES string of the molecule is Cc1cc(C(N)=O)cc(Nc2ccc(C(=O)O)c(C)c2)n1. The van der Waals surface area contributed by atoms with E-state index in [1.165, 1.54) is 6.07 Å². The second-order valence-electron chi connectivity index (χ2n) is 4.71. The Bertz CT molecular complexity index is 726. The lowest BCUT2D eigenvalue weighted by Gasteiger charge is -2.10. The number of benzene rings is 1. The van der Waals surface area contributed by atoms with E-state index in [-0.39, 0.29) is 5.56 Å². The lowest BCUT2D eigenvalue weighted by Crippen LogP contribution is -2.12. The standard InChI is InChI=1S/C15H15N3O3/c1-8-5-11(3-4-12(8)15(20)21)18-13-7-10(14(16)19)6-9(2)17-13/h3-7H,1-2H3,(H2,16,19)(H,17,18)(H,20,21). The molecular weight excluding hydrogens is 270 g/mol. The van der Waals surface area contributed by atoms with E-state index in [0.717, 1.165) is 0 Å². The molecular formula is C15H15N3O3. The Morgan fingerprint density at radius 3 is 2.48 bits per heavy atom. The van der Waals surface area contributed by atoms with Gasteiger partial charge in [-0.05, 0) is 49.7 Å². The predicted molar refractivity (Wildman–Crippen MR) is 78.9 cm³/mol. The first-order valence-electron chi connectivity index (χ1n) is 6.26. The third kappa shape index (κ3) is 3.36. The zero-order valence-corrected chi connectivity index (χ0v) is 11.7. The lowest BCUT2D eigenvalue weighted by molar-refractivity contribution is 0.0696. The summed E-state index contributed by atoms with van der Waals surface area (Å²) < 4.78 is 0. The van der Waals surface area contributed by atoms with E-state index in [9.17, 15) is 9.59 Å². The van der Waals surface area contributed by atoms with Crippen LogP contribution in [0.4, 0.5) is 11.5 Å². The van der Waals surface area contributed by atoms with Crippen molar-refractivity contribution in [1.29, 1.82) is 0 Å². The molecule has 0 aliphatic carbocycles. The van der Waals surface area contributed by atoms with E-state index < -0.39 is 11.9 Å². The molecule has 1 aromatic heterocycles. The van der Waals surface area contributed by atoms with Gasteiger partial charge in [0.1, 0.15) is 5.82 Å². The van der Waals surface area contributed by atoms with Crippen molar-refractivity contribution in [1.82, 2.24) is 4.98 Å². The van der Waals surface area contributed by atoms with Crippen molar-refractivity contribution < 1.29 is 14.7 Å². The Hall–Kier alpha value is -2.89. The van der Waals surface area contributed by atoms with Gasteiger partial charge in [0.2, 0.25) is 5.91 Å². The van der Waals surface area contributed by atoms with E-state index in [2.05, 4.69) is 10.3 Å². The topological polar surface area (TPSA) is 105 Å². The molecule has 0 unspecified atom stereocenters. The number of carbonyl (C=O) groups is 2. The zero-order valence-electron chi connectivity index (χ0n) is 11.7. The van der Waals surface area contributed by atoms with Crippen LogP contribution in [0.25, 0.3) is 0 Å². The lowest BCUT2D eigenvalue weighted by atomic mass is 10.1. The monoisotopic (exact) mass is 285 g/mol. The fourth-order valence-corrected chi connectivity index (χ4v) is 2.00. The maximum atomic E-state index is 11.2. The summed E-state index contributed by atoms with van der Waals surface area (Å²) in [5, 5.41) is 12.0. The molecule has 0 atom stereocenters. The van der Waals surface area contributed by atoms with Gasteiger partial charge in [-0.3, -0.25) is 4.79 Å². The molecule has 0 bridgehead atoms. The average molecular weight is 285 g/mol. The molecule has 6 nitrogen and oxygen atoms in total. The molecule has 21 heavy (non-hydrogen) atoms. The normalized spacial score (nSPS) is 10.2. The Morgan fingerprint density at radius 1 is 1.19 bits per heavy atom. The van der Waals surface area contributed by atoms with Gasteiger partial charge in [-0.1, -0.05) is 0 Å². The van der Waals surface area contributed by atoms with Crippen molar-refractivity contribution in [2.75, 3.05) is 5.32 Å². The second kappa shape index (κ2) is 5.62. The van der Waals surface area contributed by atoms with E-state index in [1.54, 1.807) is 38.1 Å². The van der Waals surface area contributed by atoms with Gasteiger partial charge >= 0.3 is 5.97 Å². The number of primary amides is 1. The summed E-state index contributed by atoms with van der Waals surface area (Å²) >= 11 is 0. The van der Waals surface area contributed by atoms with Gasteiger partial charge in [0.15, 0.2) is 0 Å². The molecule has 0 fully saturated rings. The zero-order chi connectivity index (χ0) is 15.6.